The van der Waals surface area contributed by atoms with Gasteiger partial charge in [0.15, 0.2) is 0 Å². The third-order valence-electron chi connectivity index (χ3n) is 3.66. The molecule has 0 aromatic heterocycles. The normalized spacial score (nSPS) is 25.5. The standard InChI is InChI=1S/C13H24N2O3.ClH/c1-9(18-8-11-3-2-6-17-11)13(16)15-7-12(14)10-4-5-10;/h9-12H,2-8,14H2,1H3,(H,15,16);1H. The molecule has 0 aromatic carbocycles. The van der Waals surface area contributed by atoms with E-state index in [1.807, 2.05) is 0 Å². The summed E-state index contributed by atoms with van der Waals surface area (Å²) in [6.07, 6.45) is 4.24. The molecule has 0 bridgehead atoms. The summed E-state index contributed by atoms with van der Waals surface area (Å²) in [6, 6.07) is 0.0966. The van der Waals surface area contributed by atoms with Crippen molar-refractivity contribution in [2.24, 2.45) is 11.7 Å². The van der Waals surface area contributed by atoms with E-state index in [0.717, 1.165) is 19.4 Å². The minimum absolute atomic E-state index is 0. The highest BCUT2D eigenvalue weighted by Gasteiger charge is 2.29. The summed E-state index contributed by atoms with van der Waals surface area (Å²) in [6.45, 7) is 3.64. The van der Waals surface area contributed by atoms with Gasteiger partial charge in [-0.05, 0) is 38.5 Å². The van der Waals surface area contributed by atoms with Crippen molar-refractivity contribution in [3.63, 3.8) is 0 Å². The predicted molar refractivity (Wildman–Crippen MR) is 75.3 cm³/mol. The number of carbonyl (C=O) groups excluding carboxylic acids is 1. The van der Waals surface area contributed by atoms with Gasteiger partial charge in [0, 0.05) is 19.2 Å². The molecule has 3 atom stereocenters. The van der Waals surface area contributed by atoms with E-state index in [-0.39, 0.29) is 30.5 Å². The second-order valence-electron chi connectivity index (χ2n) is 5.36. The first kappa shape index (κ1) is 16.7. The molecule has 2 rings (SSSR count). The average Bonchev–Trinajstić information content (AvgIpc) is 3.10. The number of ether oxygens (including phenoxy) is 2. The predicted octanol–water partition coefficient (Wildman–Crippen LogP) is 0.846. The number of halogens is 1. The van der Waals surface area contributed by atoms with E-state index >= 15 is 0 Å². The molecule has 3 N–H and O–H groups in total. The van der Waals surface area contributed by atoms with Gasteiger partial charge in [-0.1, -0.05) is 0 Å². The second-order valence-corrected chi connectivity index (χ2v) is 5.36. The zero-order valence-corrected chi connectivity index (χ0v) is 12.3. The molecule has 1 heterocycles. The van der Waals surface area contributed by atoms with E-state index in [1.54, 1.807) is 6.92 Å². The second kappa shape index (κ2) is 8.04. The molecule has 6 heteroatoms. The smallest absolute Gasteiger partial charge is 0.248 e. The van der Waals surface area contributed by atoms with Gasteiger partial charge in [0.05, 0.1) is 12.7 Å². The van der Waals surface area contributed by atoms with Crippen LogP contribution >= 0.6 is 12.4 Å². The SMILES string of the molecule is CC(OCC1CCCO1)C(=O)NCC(N)C1CC1.Cl. The summed E-state index contributed by atoms with van der Waals surface area (Å²) in [5.41, 5.74) is 5.93. The third-order valence-corrected chi connectivity index (χ3v) is 3.66. The lowest BCUT2D eigenvalue weighted by Crippen LogP contribution is -2.43. The van der Waals surface area contributed by atoms with Gasteiger partial charge in [0.1, 0.15) is 6.10 Å². The molecule has 1 saturated carbocycles. The Morgan fingerprint density at radius 1 is 1.47 bits per heavy atom. The largest absolute Gasteiger partial charge is 0.376 e. The fraction of sp³-hybridized carbons (Fsp3) is 0.923. The molecule has 1 amide bonds. The number of hydrogen-bond donors (Lipinski definition) is 2. The Kier molecular flexibility index (Phi) is 7.07. The van der Waals surface area contributed by atoms with Crippen molar-refractivity contribution >= 4 is 18.3 Å². The van der Waals surface area contributed by atoms with Crippen molar-refractivity contribution in [2.75, 3.05) is 19.8 Å². The zero-order chi connectivity index (χ0) is 13.0. The lowest BCUT2D eigenvalue weighted by molar-refractivity contribution is -0.133. The van der Waals surface area contributed by atoms with Crippen LogP contribution in [0.3, 0.4) is 0 Å². The van der Waals surface area contributed by atoms with Crippen LogP contribution in [0.4, 0.5) is 0 Å². The number of nitrogens with two attached hydrogens (primary N) is 1. The number of amides is 1. The van der Waals surface area contributed by atoms with Crippen LogP contribution in [-0.2, 0) is 14.3 Å². The lowest BCUT2D eigenvalue weighted by atomic mass is 10.2. The highest BCUT2D eigenvalue weighted by Crippen LogP contribution is 2.31. The van der Waals surface area contributed by atoms with E-state index in [2.05, 4.69) is 5.32 Å². The Morgan fingerprint density at radius 2 is 2.21 bits per heavy atom. The van der Waals surface area contributed by atoms with Crippen molar-refractivity contribution in [1.29, 1.82) is 0 Å². The van der Waals surface area contributed by atoms with Crippen molar-refractivity contribution in [1.82, 2.24) is 5.32 Å². The Bertz CT molecular complexity index is 281. The summed E-state index contributed by atoms with van der Waals surface area (Å²) in [4.78, 5) is 11.8. The molecule has 3 unspecified atom stereocenters. The molecule has 112 valence electrons. The third kappa shape index (κ3) is 5.65. The Labute approximate surface area is 121 Å². The zero-order valence-electron chi connectivity index (χ0n) is 11.5. The first-order valence-electron chi connectivity index (χ1n) is 6.93. The first-order valence-corrected chi connectivity index (χ1v) is 6.93. The number of nitrogens with one attached hydrogen (secondary N) is 1. The maximum absolute atomic E-state index is 11.8. The molecule has 2 aliphatic rings. The molecule has 0 aromatic rings. The highest BCUT2D eigenvalue weighted by molar-refractivity contribution is 5.85. The molecular weight excluding hydrogens is 268 g/mol. The number of carbonyl (C=O) groups is 1. The fourth-order valence-corrected chi connectivity index (χ4v) is 2.16. The number of hydrogen-bond acceptors (Lipinski definition) is 4. The van der Waals surface area contributed by atoms with Gasteiger partial charge in [0.2, 0.25) is 5.91 Å². The molecular formula is C13H25ClN2O3. The van der Waals surface area contributed by atoms with E-state index in [4.69, 9.17) is 15.2 Å². The van der Waals surface area contributed by atoms with Gasteiger partial charge in [-0.25, -0.2) is 0 Å². The van der Waals surface area contributed by atoms with Crippen molar-refractivity contribution in [3.8, 4) is 0 Å². The van der Waals surface area contributed by atoms with E-state index in [0.29, 0.717) is 19.1 Å². The molecule has 2 fully saturated rings. The molecule has 1 aliphatic carbocycles. The van der Waals surface area contributed by atoms with Gasteiger partial charge >= 0.3 is 0 Å². The van der Waals surface area contributed by atoms with Crippen LogP contribution in [0.5, 0.6) is 0 Å². The number of rotatable bonds is 7. The highest BCUT2D eigenvalue weighted by atomic mass is 35.5. The van der Waals surface area contributed by atoms with Crippen molar-refractivity contribution in [2.45, 2.75) is 50.9 Å². The van der Waals surface area contributed by atoms with E-state index in [9.17, 15) is 4.79 Å². The summed E-state index contributed by atoms with van der Waals surface area (Å²) in [7, 11) is 0. The van der Waals surface area contributed by atoms with Crippen molar-refractivity contribution in [3.05, 3.63) is 0 Å². The molecule has 0 radical (unpaired) electrons. The average molecular weight is 293 g/mol. The minimum Gasteiger partial charge on any atom is -0.376 e. The summed E-state index contributed by atoms with van der Waals surface area (Å²) >= 11 is 0. The maximum Gasteiger partial charge on any atom is 0.248 e. The van der Waals surface area contributed by atoms with Gasteiger partial charge in [-0.2, -0.15) is 0 Å². The maximum atomic E-state index is 11.8. The Balaban J connectivity index is 0.00000180. The summed E-state index contributed by atoms with van der Waals surface area (Å²) in [5.74, 6) is 0.525. The van der Waals surface area contributed by atoms with Crippen LogP contribution < -0.4 is 11.1 Å². The first-order chi connectivity index (χ1) is 8.66. The summed E-state index contributed by atoms with van der Waals surface area (Å²) in [5, 5.41) is 2.85. The molecule has 1 saturated heterocycles. The summed E-state index contributed by atoms with van der Waals surface area (Å²) < 4.78 is 11.0. The van der Waals surface area contributed by atoms with Gasteiger partial charge in [-0.15, -0.1) is 12.4 Å². The van der Waals surface area contributed by atoms with Crippen LogP contribution in [0.25, 0.3) is 0 Å². The Hall–Kier alpha value is -0.360. The van der Waals surface area contributed by atoms with Crippen molar-refractivity contribution < 1.29 is 14.3 Å². The van der Waals surface area contributed by atoms with Crippen LogP contribution in [0.15, 0.2) is 0 Å². The van der Waals surface area contributed by atoms with Crippen LogP contribution in [0.1, 0.15) is 32.6 Å². The van der Waals surface area contributed by atoms with E-state index in [1.165, 1.54) is 12.8 Å². The quantitative estimate of drug-likeness (QED) is 0.729. The fourth-order valence-electron chi connectivity index (χ4n) is 2.16. The van der Waals surface area contributed by atoms with E-state index < -0.39 is 6.10 Å². The lowest BCUT2D eigenvalue weighted by Gasteiger charge is -2.17. The molecule has 1 aliphatic heterocycles. The Morgan fingerprint density at radius 3 is 2.79 bits per heavy atom. The molecule has 0 spiro atoms. The van der Waals surface area contributed by atoms with Crippen LogP contribution in [0, 0.1) is 5.92 Å². The van der Waals surface area contributed by atoms with Crippen LogP contribution in [-0.4, -0.2) is 43.9 Å². The van der Waals surface area contributed by atoms with Crippen LogP contribution in [0.2, 0.25) is 0 Å². The topological polar surface area (TPSA) is 73.6 Å². The molecule has 19 heavy (non-hydrogen) atoms. The van der Waals surface area contributed by atoms with Gasteiger partial charge < -0.3 is 20.5 Å². The molecule has 5 nitrogen and oxygen atoms in total. The minimum atomic E-state index is -0.430. The van der Waals surface area contributed by atoms with Gasteiger partial charge in [0.25, 0.3) is 0 Å². The van der Waals surface area contributed by atoms with Gasteiger partial charge in [-0.3, -0.25) is 4.79 Å². The monoisotopic (exact) mass is 292 g/mol.